The van der Waals surface area contributed by atoms with Crippen molar-refractivity contribution in [3.8, 4) is 0 Å². The first-order valence-electron chi connectivity index (χ1n) is 10.3. The Balaban J connectivity index is 1.61. The van der Waals surface area contributed by atoms with Crippen LogP contribution in [0.3, 0.4) is 0 Å². The van der Waals surface area contributed by atoms with Gasteiger partial charge in [-0.3, -0.25) is 4.79 Å². The molecule has 0 spiro atoms. The molecule has 3 rings (SSSR count). The predicted molar refractivity (Wildman–Crippen MR) is 110 cm³/mol. The number of rotatable bonds is 9. The van der Waals surface area contributed by atoms with Gasteiger partial charge in [-0.1, -0.05) is 31.4 Å². The molecular weight excluding hydrogens is 439 g/mol. The second kappa shape index (κ2) is 8.69. The van der Waals surface area contributed by atoms with Crippen molar-refractivity contribution < 1.29 is 26.4 Å². The number of benzene rings is 1. The van der Waals surface area contributed by atoms with Crippen molar-refractivity contribution in [1.29, 1.82) is 0 Å². The van der Waals surface area contributed by atoms with E-state index in [2.05, 4.69) is 5.32 Å². The zero-order valence-corrected chi connectivity index (χ0v) is 18.5. The van der Waals surface area contributed by atoms with Crippen LogP contribution in [0, 0.1) is 17.3 Å². The third kappa shape index (κ3) is 5.90. The molecule has 1 N–H and O–H groups in total. The number of carbonyl (C=O) groups excluding carboxylic acids is 1. The Morgan fingerprint density at radius 2 is 1.90 bits per heavy atom. The maximum atomic E-state index is 12.8. The summed E-state index contributed by atoms with van der Waals surface area (Å²) in [5.41, 5.74) is -1.03. The van der Waals surface area contributed by atoms with E-state index in [0.29, 0.717) is 18.9 Å². The molecule has 9 heteroatoms. The van der Waals surface area contributed by atoms with Crippen LogP contribution in [-0.4, -0.2) is 32.4 Å². The van der Waals surface area contributed by atoms with Crippen molar-refractivity contribution in [2.75, 3.05) is 18.1 Å². The Hall–Kier alpha value is -1.28. The highest BCUT2D eigenvalue weighted by atomic mass is 35.5. The number of sulfone groups is 1. The van der Waals surface area contributed by atoms with Crippen LogP contribution in [0.4, 0.5) is 13.2 Å². The van der Waals surface area contributed by atoms with Crippen molar-refractivity contribution in [2.24, 2.45) is 17.3 Å². The average molecular weight is 466 g/mol. The van der Waals surface area contributed by atoms with Crippen molar-refractivity contribution in [1.82, 2.24) is 5.32 Å². The van der Waals surface area contributed by atoms with Gasteiger partial charge in [0.05, 0.1) is 21.9 Å². The first-order valence-corrected chi connectivity index (χ1v) is 12.5. The second-order valence-corrected chi connectivity index (χ2v) is 11.5. The molecule has 0 saturated heterocycles. The standard InChI is InChI=1S/C21H27ClF3NO3S/c1-2-7-30(28,29)12-15-10-20(11-15,9-14-3-4-14)13-26-19(27)17-6-5-16(8-18(17)22)21(23,24)25/h5-6,8,14-15H,2-4,7,9-13H2,1H3,(H,26,27)/t15-,20+. The Labute approximate surface area is 180 Å². The number of alkyl halides is 3. The minimum Gasteiger partial charge on any atom is -0.351 e. The molecule has 1 aromatic carbocycles. The summed E-state index contributed by atoms with van der Waals surface area (Å²) in [4.78, 5) is 12.5. The van der Waals surface area contributed by atoms with Gasteiger partial charge in [0.25, 0.3) is 5.91 Å². The SMILES string of the molecule is CCCS(=O)(=O)C[C@H]1C[C@](CNC(=O)c2ccc(C(F)(F)F)cc2Cl)(CC2CC2)C1. The highest BCUT2D eigenvalue weighted by molar-refractivity contribution is 7.91. The van der Waals surface area contributed by atoms with Crippen LogP contribution < -0.4 is 5.32 Å². The molecule has 0 aliphatic heterocycles. The van der Waals surface area contributed by atoms with Crippen LogP contribution in [0.1, 0.15) is 61.4 Å². The minimum absolute atomic E-state index is 0.00707. The highest BCUT2D eigenvalue weighted by Gasteiger charge is 2.48. The van der Waals surface area contributed by atoms with Crippen molar-refractivity contribution in [3.05, 3.63) is 34.3 Å². The van der Waals surface area contributed by atoms with Gasteiger partial charge >= 0.3 is 6.18 Å². The van der Waals surface area contributed by atoms with E-state index in [4.69, 9.17) is 11.6 Å². The lowest BCUT2D eigenvalue weighted by molar-refractivity contribution is -0.137. The molecule has 30 heavy (non-hydrogen) atoms. The fraction of sp³-hybridized carbons (Fsp3) is 0.667. The van der Waals surface area contributed by atoms with Crippen LogP contribution in [-0.2, 0) is 16.0 Å². The van der Waals surface area contributed by atoms with Gasteiger partial charge in [0, 0.05) is 12.3 Å². The molecule has 1 aromatic rings. The van der Waals surface area contributed by atoms with Crippen molar-refractivity contribution >= 4 is 27.3 Å². The van der Waals surface area contributed by atoms with Gasteiger partial charge in [-0.25, -0.2) is 8.42 Å². The summed E-state index contributed by atoms with van der Waals surface area (Å²) in [5, 5.41) is 2.59. The van der Waals surface area contributed by atoms with Crippen LogP contribution in [0.2, 0.25) is 5.02 Å². The monoisotopic (exact) mass is 465 g/mol. The van der Waals surface area contributed by atoms with Crippen molar-refractivity contribution in [3.63, 3.8) is 0 Å². The summed E-state index contributed by atoms with van der Waals surface area (Å²) >= 11 is 5.92. The second-order valence-electron chi connectivity index (χ2n) is 8.91. The van der Waals surface area contributed by atoms with Gasteiger partial charge in [-0.2, -0.15) is 13.2 Å². The van der Waals surface area contributed by atoms with E-state index in [9.17, 15) is 26.4 Å². The van der Waals surface area contributed by atoms with Gasteiger partial charge in [0.15, 0.2) is 9.84 Å². The molecule has 2 saturated carbocycles. The van der Waals surface area contributed by atoms with Gasteiger partial charge in [-0.15, -0.1) is 0 Å². The lowest BCUT2D eigenvalue weighted by Gasteiger charge is -2.48. The van der Waals surface area contributed by atoms with E-state index < -0.39 is 27.5 Å². The van der Waals surface area contributed by atoms with E-state index in [1.54, 1.807) is 0 Å². The molecule has 2 aliphatic rings. The molecule has 0 bridgehead atoms. The van der Waals surface area contributed by atoms with Crippen LogP contribution >= 0.6 is 11.6 Å². The summed E-state index contributed by atoms with van der Waals surface area (Å²) in [5.74, 6) is 0.594. The molecule has 0 unspecified atom stereocenters. The van der Waals surface area contributed by atoms with Crippen LogP contribution in [0.5, 0.6) is 0 Å². The molecule has 2 aliphatic carbocycles. The largest absolute Gasteiger partial charge is 0.416 e. The summed E-state index contributed by atoms with van der Waals surface area (Å²) < 4.78 is 62.6. The Kier molecular flexibility index (Phi) is 6.77. The Bertz CT molecular complexity index is 891. The first-order chi connectivity index (χ1) is 13.9. The molecule has 4 nitrogen and oxygen atoms in total. The van der Waals surface area contributed by atoms with E-state index in [1.807, 2.05) is 6.92 Å². The van der Waals surface area contributed by atoms with Crippen molar-refractivity contribution in [2.45, 2.75) is 51.6 Å². The maximum absolute atomic E-state index is 12.8. The lowest BCUT2D eigenvalue weighted by Crippen LogP contribution is -2.48. The summed E-state index contributed by atoms with van der Waals surface area (Å²) in [6.07, 6.45) is 0.815. The molecule has 1 amide bonds. The van der Waals surface area contributed by atoms with Gasteiger partial charge in [-0.05, 0) is 61.1 Å². The zero-order valence-electron chi connectivity index (χ0n) is 16.9. The molecule has 0 atom stereocenters. The fourth-order valence-electron chi connectivity index (χ4n) is 4.59. The normalized spacial score (nSPS) is 24.4. The van der Waals surface area contributed by atoms with Crippen LogP contribution in [0.25, 0.3) is 0 Å². The molecular formula is C21H27ClF3NO3S. The predicted octanol–water partition coefficient (Wildman–Crippen LogP) is 5.11. The third-order valence-electron chi connectivity index (χ3n) is 6.03. The van der Waals surface area contributed by atoms with Gasteiger partial charge in [0.2, 0.25) is 0 Å². The minimum atomic E-state index is -4.52. The average Bonchev–Trinajstić information content (AvgIpc) is 3.40. The number of halogens is 4. The zero-order chi connectivity index (χ0) is 22.2. The van der Waals surface area contributed by atoms with Gasteiger partial charge in [0.1, 0.15) is 0 Å². The topological polar surface area (TPSA) is 63.2 Å². The first kappa shape index (κ1) is 23.4. The number of amides is 1. The Morgan fingerprint density at radius 1 is 1.23 bits per heavy atom. The summed E-state index contributed by atoms with van der Waals surface area (Å²) in [6, 6.07) is 2.70. The molecule has 0 heterocycles. The number of nitrogens with one attached hydrogen (secondary N) is 1. The number of hydrogen-bond acceptors (Lipinski definition) is 3. The number of hydrogen-bond donors (Lipinski definition) is 1. The fourth-order valence-corrected chi connectivity index (χ4v) is 6.60. The smallest absolute Gasteiger partial charge is 0.351 e. The van der Waals surface area contributed by atoms with E-state index in [0.717, 1.165) is 50.3 Å². The van der Waals surface area contributed by atoms with Gasteiger partial charge < -0.3 is 5.32 Å². The summed E-state index contributed by atoms with van der Waals surface area (Å²) in [6.45, 7) is 2.22. The molecule has 2 fully saturated rings. The lowest BCUT2D eigenvalue weighted by atomic mass is 9.60. The van der Waals surface area contributed by atoms with Crippen LogP contribution in [0.15, 0.2) is 18.2 Å². The number of carbonyl (C=O) groups is 1. The molecule has 0 aromatic heterocycles. The molecule has 168 valence electrons. The van der Waals surface area contributed by atoms with E-state index in [1.165, 1.54) is 0 Å². The Morgan fingerprint density at radius 3 is 2.43 bits per heavy atom. The third-order valence-corrected chi connectivity index (χ3v) is 8.35. The summed E-state index contributed by atoms with van der Waals surface area (Å²) in [7, 11) is -3.05. The highest BCUT2D eigenvalue weighted by Crippen LogP contribution is 2.54. The van der Waals surface area contributed by atoms with E-state index >= 15 is 0 Å². The quantitative estimate of drug-likeness (QED) is 0.551. The molecule has 0 radical (unpaired) electrons. The maximum Gasteiger partial charge on any atom is 0.416 e. The van der Waals surface area contributed by atoms with E-state index in [-0.39, 0.29) is 33.4 Å².